The minimum atomic E-state index is -0.733. The molecule has 0 amide bonds. The largest absolute Gasteiger partial charge is 0.495 e. The fourth-order valence-electron chi connectivity index (χ4n) is 2.41. The molecule has 0 aliphatic carbocycles. The number of hydrogen-bond acceptors (Lipinski definition) is 2. The van der Waals surface area contributed by atoms with Crippen LogP contribution in [0.2, 0.25) is 0 Å². The number of aldehydes is 1. The van der Waals surface area contributed by atoms with Crippen LogP contribution in [-0.4, -0.2) is 18.4 Å². The van der Waals surface area contributed by atoms with Gasteiger partial charge in [-0.2, -0.15) is 0 Å². The van der Waals surface area contributed by atoms with Gasteiger partial charge < -0.3 is 9.72 Å². The van der Waals surface area contributed by atoms with E-state index in [1.165, 1.54) is 13.2 Å². The van der Waals surface area contributed by atoms with Gasteiger partial charge in [0.25, 0.3) is 0 Å². The quantitative estimate of drug-likeness (QED) is 0.741. The van der Waals surface area contributed by atoms with E-state index in [9.17, 15) is 13.6 Å². The molecule has 0 atom stereocenters. The van der Waals surface area contributed by atoms with Crippen molar-refractivity contribution < 1.29 is 18.3 Å². The zero-order valence-corrected chi connectivity index (χ0v) is 11.1. The summed E-state index contributed by atoms with van der Waals surface area (Å²) in [6.07, 6.45) is 0.649. The number of para-hydroxylation sites is 1. The van der Waals surface area contributed by atoms with Crippen LogP contribution in [0.4, 0.5) is 8.78 Å². The summed E-state index contributed by atoms with van der Waals surface area (Å²) < 4.78 is 32.2. The van der Waals surface area contributed by atoms with Crippen LogP contribution in [0.25, 0.3) is 22.2 Å². The molecule has 5 heteroatoms. The van der Waals surface area contributed by atoms with E-state index in [0.29, 0.717) is 34.2 Å². The third kappa shape index (κ3) is 2.07. The molecule has 1 heterocycles. The average Bonchev–Trinajstić information content (AvgIpc) is 2.85. The third-order valence-corrected chi connectivity index (χ3v) is 3.37. The van der Waals surface area contributed by atoms with Crippen LogP contribution in [0, 0.1) is 11.6 Å². The summed E-state index contributed by atoms with van der Waals surface area (Å²) in [5.41, 5.74) is 1.36. The highest BCUT2D eigenvalue weighted by Gasteiger charge is 2.17. The van der Waals surface area contributed by atoms with Gasteiger partial charge in [-0.25, -0.2) is 8.78 Å². The summed E-state index contributed by atoms with van der Waals surface area (Å²) in [6.45, 7) is 0. The molecule has 21 heavy (non-hydrogen) atoms. The maximum atomic E-state index is 14.0. The molecule has 0 spiro atoms. The minimum absolute atomic E-state index is 0.136. The Morgan fingerprint density at radius 3 is 2.67 bits per heavy atom. The molecule has 0 unspecified atom stereocenters. The van der Waals surface area contributed by atoms with Crippen LogP contribution in [0.5, 0.6) is 5.75 Å². The molecule has 3 nitrogen and oxygen atoms in total. The van der Waals surface area contributed by atoms with Crippen LogP contribution in [0.3, 0.4) is 0 Å². The van der Waals surface area contributed by atoms with Crippen molar-refractivity contribution in [3.8, 4) is 17.0 Å². The van der Waals surface area contributed by atoms with Gasteiger partial charge >= 0.3 is 0 Å². The Morgan fingerprint density at radius 2 is 2.00 bits per heavy atom. The normalized spacial score (nSPS) is 10.8. The first-order chi connectivity index (χ1) is 10.2. The molecular formula is C16H11F2NO2. The monoisotopic (exact) mass is 287 g/mol. The van der Waals surface area contributed by atoms with E-state index in [2.05, 4.69) is 4.98 Å². The summed E-state index contributed by atoms with van der Waals surface area (Å²) in [5.74, 6) is -0.856. The summed E-state index contributed by atoms with van der Waals surface area (Å²) in [6, 6.07) is 8.45. The van der Waals surface area contributed by atoms with Gasteiger partial charge in [0.15, 0.2) is 6.29 Å². The van der Waals surface area contributed by atoms with Crippen LogP contribution in [0.15, 0.2) is 36.4 Å². The molecule has 0 bridgehead atoms. The molecule has 0 aliphatic rings. The zero-order valence-electron chi connectivity index (χ0n) is 11.1. The number of ether oxygens (including phenoxy) is 1. The van der Waals surface area contributed by atoms with Crippen LogP contribution in [-0.2, 0) is 0 Å². The summed E-state index contributed by atoms with van der Waals surface area (Å²) in [4.78, 5) is 14.4. The highest BCUT2D eigenvalue weighted by atomic mass is 19.1. The highest BCUT2D eigenvalue weighted by Crippen LogP contribution is 2.34. The van der Waals surface area contributed by atoms with Crippen molar-refractivity contribution in [3.63, 3.8) is 0 Å². The molecule has 2 aromatic carbocycles. The second-order valence-corrected chi connectivity index (χ2v) is 4.54. The Balaban J connectivity index is 2.34. The Hall–Kier alpha value is -2.69. The number of aromatic amines is 1. The van der Waals surface area contributed by atoms with Crippen molar-refractivity contribution in [1.29, 1.82) is 0 Å². The zero-order chi connectivity index (χ0) is 15.0. The second kappa shape index (κ2) is 5.01. The molecule has 3 aromatic rings. The molecule has 1 N–H and O–H groups in total. The summed E-state index contributed by atoms with van der Waals surface area (Å²) in [5, 5.41) is 0.628. The van der Waals surface area contributed by atoms with Gasteiger partial charge in [0.05, 0.1) is 18.3 Å². The number of carbonyl (C=O) groups excluding carboxylic acids is 1. The fraction of sp³-hybridized carbons (Fsp3) is 0.0625. The molecular weight excluding hydrogens is 276 g/mol. The molecule has 1 aromatic heterocycles. The van der Waals surface area contributed by atoms with E-state index in [4.69, 9.17) is 4.74 Å². The van der Waals surface area contributed by atoms with Crippen molar-refractivity contribution in [2.75, 3.05) is 7.11 Å². The lowest BCUT2D eigenvalue weighted by Crippen LogP contribution is -1.90. The van der Waals surface area contributed by atoms with Crippen LogP contribution >= 0.6 is 0 Å². The molecule has 106 valence electrons. The predicted octanol–water partition coefficient (Wildman–Crippen LogP) is 3.93. The first kappa shape index (κ1) is 13.3. The molecule has 0 aliphatic heterocycles. The maximum absolute atomic E-state index is 14.0. The predicted molar refractivity (Wildman–Crippen MR) is 75.6 cm³/mol. The standard InChI is InChI=1S/C16H11F2NO2/c1-21-14-4-2-3-10-12(8-20)15(19-16(10)14)11-6-5-9(17)7-13(11)18/h2-8,19H,1H3. The number of benzene rings is 2. The fourth-order valence-corrected chi connectivity index (χ4v) is 2.41. The van der Waals surface area contributed by atoms with Crippen molar-refractivity contribution in [3.05, 3.63) is 53.6 Å². The number of fused-ring (bicyclic) bond motifs is 1. The highest BCUT2D eigenvalue weighted by molar-refractivity contribution is 6.06. The Morgan fingerprint density at radius 1 is 1.19 bits per heavy atom. The average molecular weight is 287 g/mol. The molecule has 3 rings (SSSR count). The first-order valence-corrected chi connectivity index (χ1v) is 6.25. The number of hydrogen-bond donors (Lipinski definition) is 1. The number of rotatable bonds is 3. The lowest BCUT2D eigenvalue weighted by atomic mass is 10.1. The van der Waals surface area contributed by atoms with E-state index >= 15 is 0 Å². The summed E-state index contributed by atoms with van der Waals surface area (Å²) in [7, 11) is 1.51. The Kier molecular flexibility index (Phi) is 3.17. The van der Waals surface area contributed by atoms with Gasteiger partial charge in [-0.05, 0) is 18.2 Å². The molecule has 0 saturated carbocycles. The molecule has 0 radical (unpaired) electrons. The van der Waals surface area contributed by atoms with E-state index in [0.717, 1.165) is 12.1 Å². The van der Waals surface area contributed by atoms with Gasteiger partial charge in [0.1, 0.15) is 17.4 Å². The number of methoxy groups -OCH3 is 1. The van der Waals surface area contributed by atoms with E-state index in [1.54, 1.807) is 18.2 Å². The van der Waals surface area contributed by atoms with Crippen molar-refractivity contribution >= 4 is 17.2 Å². The van der Waals surface area contributed by atoms with Crippen LogP contribution < -0.4 is 4.74 Å². The van der Waals surface area contributed by atoms with E-state index in [1.807, 2.05) is 0 Å². The van der Waals surface area contributed by atoms with Crippen molar-refractivity contribution in [2.24, 2.45) is 0 Å². The van der Waals surface area contributed by atoms with Crippen molar-refractivity contribution in [1.82, 2.24) is 4.98 Å². The molecule has 0 saturated heterocycles. The van der Waals surface area contributed by atoms with Gasteiger partial charge in [0.2, 0.25) is 0 Å². The molecule has 0 fully saturated rings. The summed E-state index contributed by atoms with van der Waals surface area (Å²) >= 11 is 0. The first-order valence-electron chi connectivity index (χ1n) is 6.25. The van der Waals surface area contributed by atoms with Gasteiger partial charge in [-0.15, -0.1) is 0 Å². The van der Waals surface area contributed by atoms with Crippen molar-refractivity contribution in [2.45, 2.75) is 0 Å². The Bertz CT molecular complexity index is 840. The van der Waals surface area contributed by atoms with Gasteiger partial charge in [-0.1, -0.05) is 12.1 Å². The number of carbonyl (C=O) groups is 1. The van der Waals surface area contributed by atoms with E-state index in [-0.39, 0.29) is 5.56 Å². The van der Waals surface area contributed by atoms with Crippen LogP contribution in [0.1, 0.15) is 10.4 Å². The Labute approximate surface area is 119 Å². The SMILES string of the molecule is COc1cccc2c(C=O)c(-c3ccc(F)cc3F)[nH]c12. The van der Waals surface area contributed by atoms with Gasteiger partial charge in [0, 0.05) is 22.6 Å². The van der Waals surface area contributed by atoms with E-state index < -0.39 is 11.6 Å². The van der Waals surface area contributed by atoms with Gasteiger partial charge in [-0.3, -0.25) is 4.79 Å². The number of nitrogens with one attached hydrogen (secondary N) is 1. The number of H-pyrrole nitrogens is 1. The lowest BCUT2D eigenvalue weighted by Gasteiger charge is -2.02. The third-order valence-electron chi connectivity index (χ3n) is 3.37. The number of aromatic nitrogens is 1. The smallest absolute Gasteiger partial charge is 0.152 e. The number of halogens is 2. The second-order valence-electron chi connectivity index (χ2n) is 4.54. The minimum Gasteiger partial charge on any atom is -0.495 e. The lowest BCUT2D eigenvalue weighted by molar-refractivity contribution is 0.112. The topological polar surface area (TPSA) is 42.1 Å². The maximum Gasteiger partial charge on any atom is 0.152 e.